The molecule has 0 atom stereocenters. The maximum atomic E-state index is 2.21. The van der Waals surface area contributed by atoms with Gasteiger partial charge < -0.3 is 0 Å². The molecule has 0 aliphatic heterocycles. The summed E-state index contributed by atoms with van der Waals surface area (Å²) in [7, 11) is 0. The molecule has 80 valence electrons. The minimum absolute atomic E-state index is 1.25. The van der Waals surface area contributed by atoms with Crippen LogP contribution in [-0.2, 0) is 0 Å². The fraction of sp³-hybridized carbons (Fsp3) is 0.125. The lowest BCUT2D eigenvalue weighted by atomic mass is 10.0. The van der Waals surface area contributed by atoms with Crippen LogP contribution in [0.15, 0.2) is 54.6 Å². The molecule has 0 unspecified atom stereocenters. The Hall–Kier alpha value is -1.82. The van der Waals surface area contributed by atoms with Crippen molar-refractivity contribution in [1.82, 2.24) is 0 Å². The van der Waals surface area contributed by atoms with Crippen LogP contribution in [-0.4, -0.2) is 0 Å². The van der Waals surface area contributed by atoms with Crippen molar-refractivity contribution in [2.75, 3.05) is 0 Å². The molecule has 0 nitrogen and oxygen atoms in total. The number of benzene rings is 2. The minimum atomic E-state index is 1.25. The second-order valence-corrected chi connectivity index (χ2v) is 4.10. The molecule has 16 heavy (non-hydrogen) atoms. The fourth-order valence-electron chi connectivity index (χ4n) is 1.70. The van der Waals surface area contributed by atoms with Crippen molar-refractivity contribution >= 4 is 11.6 Å². The third kappa shape index (κ3) is 2.60. The highest BCUT2D eigenvalue weighted by atomic mass is 14.0. The van der Waals surface area contributed by atoms with Gasteiger partial charge in [0, 0.05) is 0 Å². The number of rotatable bonds is 2. The quantitative estimate of drug-likeness (QED) is 0.635. The lowest BCUT2D eigenvalue weighted by molar-refractivity contribution is 1.45. The summed E-state index contributed by atoms with van der Waals surface area (Å²) in [6.45, 7) is 4.26. The van der Waals surface area contributed by atoms with Crippen LogP contribution in [0, 0.1) is 6.92 Å². The van der Waals surface area contributed by atoms with Gasteiger partial charge in [0.05, 0.1) is 0 Å². The fourth-order valence-corrected chi connectivity index (χ4v) is 1.70. The highest BCUT2D eigenvalue weighted by Crippen LogP contribution is 2.17. The van der Waals surface area contributed by atoms with Gasteiger partial charge in [-0.05, 0) is 30.5 Å². The molecule has 0 aliphatic rings. The Bertz CT molecular complexity index is 475. The van der Waals surface area contributed by atoms with Gasteiger partial charge >= 0.3 is 0 Å². The van der Waals surface area contributed by atoms with Gasteiger partial charge in [-0.15, -0.1) is 0 Å². The minimum Gasteiger partial charge on any atom is -0.0622 e. The molecule has 0 saturated carbocycles. The van der Waals surface area contributed by atoms with Crippen LogP contribution < -0.4 is 0 Å². The van der Waals surface area contributed by atoms with Crippen molar-refractivity contribution in [3.8, 4) is 0 Å². The molecule has 0 amide bonds. The second-order valence-electron chi connectivity index (χ2n) is 4.10. The summed E-state index contributed by atoms with van der Waals surface area (Å²) < 4.78 is 0. The first-order chi connectivity index (χ1) is 7.75. The van der Waals surface area contributed by atoms with Gasteiger partial charge in [0.1, 0.15) is 0 Å². The zero-order valence-corrected chi connectivity index (χ0v) is 9.77. The molecule has 0 saturated heterocycles. The van der Waals surface area contributed by atoms with Crippen LogP contribution in [0.1, 0.15) is 23.6 Å². The van der Waals surface area contributed by atoms with Gasteiger partial charge in [0.15, 0.2) is 0 Å². The molecule has 0 heteroatoms. The van der Waals surface area contributed by atoms with E-state index in [0.717, 1.165) is 0 Å². The SMILES string of the molecule is C/C(=C\c1ccccc1)c1ccc(C)cc1. The van der Waals surface area contributed by atoms with Crippen molar-refractivity contribution in [3.05, 3.63) is 71.3 Å². The van der Waals surface area contributed by atoms with Crippen LogP contribution in [0.2, 0.25) is 0 Å². The Kier molecular flexibility index (Phi) is 3.21. The molecule has 2 aromatic rings. The Morgan fingerprint density at radius 3 is 2.12 bits per heavy atom. The Balaban J connectivity index is 2.28. The molecule has 2 rings (SSSR count). The predicted octanol–water partition coefficient (Wildman–Crippen LogP) is 4.56. The Morgan fingerprint density at radius 1 is 0.875 bits per heavy atom. The van der Waals surface area contributed by atoms with E-state index in [1.165, 1.54) is 22.3 Å². The van der Waals surface area contributed by atoms with Gasteiger partial charge in [-0.1, -0.05) is 66.2 Å². The van der Waals surface area contributed by atoms with E-state index in [4.69, 9.17) is 0 Å². The maximum Gasteiger partial charge on any atom is -0.0227 e. The summed E-state index contributed by atoms with van der Waals surface area (Å²) in [5, 5.41) is 0. The second kappa shape index (κ2) is 4.80. The highest BCUT2D eigenvalue weighted by molar-refractivity contribution is 5.80. The third-order valence-electron chi connectivity index (χ3n) is 2.69. The zero-order chi connectivity index (χ0) is 11.4. The normalized spacial score (nSPS) is 11.5. The van der Waals surface area contributed by atoms with Crippen LogP contribution in [0.4, 0.5) is 0 Å². The molecule has 0 aliphatic carbocycles. The third-order valence-corrected chi connectivity index (χ3v) is 2.69. The number of hydrogen-bond donors (Lipinski definition) is 0. The van der Waals surface area contributed by atoms with Crippen LogP contribution >= 0.6 is 0 Å². The van der Waals surface area contributed by atoms with Crippen LogP contribution in [0.5, 0.6) is 0 Å². The smallest absolute Gasteiger partial charge is 0.0227 e. The predicted molar refractivity (Wildman–Crippen MR) is 71.2 cm³/mol. The van der Waals surface area contributed by atoms with Crippen LogP contribution in [0.25, 0.3) is 11.6 Å². The molecule has 0 N–H and O–H groups in total. The first kappa shape index (κ1) is 10.7. The number of hydrogen-bond acceptors (Lipinski definition) is 0. The first-order valence-electron chi connectivity index (χ1n) is 5.56. The topological polar surface area (TPSA) is 0 Å². The van der Waals surface area contributed by atoms with Gasteiger partial charge in [0.25, 0.3) is 0 Å². The molecule has 0 aromatic heterocycles. The molecule has 0 bridgehead atoms. The summed E-state index contributed by atoms with van der Waals surface area (Å²) in [6, 6.07) is 19.1. The zero-order valence-electron chi connectivity index (χ0n) is 9.77. The van der Waals surface area contributed by atoms with Crippen molar-refractivity contribution in [3.63, 3.8) is 0 Å². The van der Waals surface area contributed by atoms with E-state index in [0.29, 0.717) is 0 Å². The Labute approximate surface area is 97.3 Å². The van der Waals surface area contributed by atoms with E-state index in [1.807, 2.05) is 6.07 Å². The number of aryl methyl sites for hydroxylation is 1. The summed E-state index contributed by atoms with van der Waals surface area (Å²) in [4.78, 5) is 0. The van der Waals surface area contributed by atoms with Gasteiger partial charge in [-0.25, -0.2) is 0 Å². The van der Waals surface area contributed by atoms with Crippen molar-refractivity contribution < 1.29 is 0 Å². The van der Waals surface area contributed by atoms with E-state index in [1.54, 1.807) is 0 Å². The van der Waals surface area contributed by atoms with Gasteiger partial charge in [0.2, 0.25) is 0 Å². The molecule has 0 spiro atoms. The van der Waals surface area contributed by atoms with Crippen molar-refractivity contribution in [2.24, 2.45) is 0 Å². The van der Waals surface area contributed by atoms with E-state index in [-0.39, 0.29) is 0 Å². The lowest BCUT2D eigenvalue weighted by Gasteiger charge is -2.02. The van der Waals surface area contributed by atoms with Crippen molar-refractivity contribution in [1.29, 1.82) is 0 Å². The molecule has 2 aromatic carbocycles. The summed E-state index contributed by atoms with van der Waals surface area (Å²) in [6.07, 6.45) is 2.21. The van der Waals surface area contributed by atoms with E-state index in [9.17, 15) is 0 Å². The van der Waals surface area contributed by atoms with Crippen LogP contribution in [0.3, 0.4) is 0 Å². The average Bonchev–Trinajstić information content (AvgIpc) is 2.31. The monoisotopic (exact) mass is 208 g/mol. The molecular formula is C16H16. The van der Waals surface area contributed by atoms with Gasteiger partial charge in [-0.2, -0.15) is 0 Å². The maximum absolute atomic E-state index is 2.21. The first-order valence-corrected chi connectivity index (χ1v) is 5.56. The molecule has 0 radical (unpaired) electrons. The average molecular weight is 208 g/mol. The van der Waals surface area contributed by atoms with Crippen molar-refractivity contribution in [2.45, 2.75) is 13.8 Å². The molecule has 0 heterocycles. The molecule has 0 fully saturated rings. The standard InChI is InChI=1S/C16H16/c1-13-8-10-16(11-9-13)14(2)12-15-6-4-3-5-7-15/h3-12H,1-2H3/b14-12+. The largest absolute Gasteiger partial charge is 0.0622 e. The van der Waals surface area contributed by atoms with Gasteiger partial charge in [-0.3, -0.25) is 0 Å². The summed E-state index contributed by atoms with van der Waals surface area (Å²) in [5.41, 5.74) is 5.14. The molecular weight excluding hydrogens is 192 g/mol. The Morgan fingerprint density at radius 2 is 1.50 bits per heavy atom. The lowest BCUT2D eigenvalue weighted by Crippen LogP contribution is -1.80. The number of allylic oxidation sites excluding steroid dienone is 1. The van der Waals surface area contributed by atoms with E-state index >= 15 is 0 Å². The van der Waals surface area contributed by atoms with E-state index < -0.39 is 0 Å². The summed E-state index contributed by atoms with van der Waals surface area (Å²) >= 11 is 0. The highest BCUT2D eigenvalue weighted by Gasteiger charge is 1.95. The summed E-state index contributed by atoms with van der Waals surface area (Å²) in [5.74, 6) is 0. The van der Waals surface area contributed by atoms with E-state index in [2.05, 4.69) is 68.5 Å².